The molecule has 3 heterocycles. The van der Waals surface area contributed by atoms with Crippen LogP contribution in [0.25, 0.3) is 10.7 Å². The molecule has 2 aliphatic rings. The molecule has 0 saturated heterocycles. The van der Waals surface area contributed by atoms with E-state index in [-0.39, 0.29) is 5.91 Å². The first kappa shape index (κ1) is 18.2. The Morgan fingerprint density at radius 1 is 1.17 bits per heavy atom. The fourth-order valence-electron chi connectivity index (χ4n) is 3.78. The second kappa shape index (κ2) is 7.51. The van der Waals surface area contributed by atoms with Crippen molar-refractivity contribution in [1.82, 2.24) is 10.1 Å². The topological polar surface area (TPSA) is 86.5 Å². The van der Waals surface area contributed by atoms with E-state index in [0.717, 1.165) is 36.3 Å². The molecule has 7 nitrogen and oxygen atoms in total. The van der Waals surface area contributed by atoms with Gasteiger partial charge in [0, 0.05) is 37.4 Å². The lowest BCUT2D eigenvalue weighted by atomic mass is 10.2. The minimum absolute atomic E-state index is 0.0579. The van der Waals surface area contributed by atoms with Gasteiger partial charge in [0.15, 0.2) is 11.5 Å². The number of amides is 1. The second-order valence-corrected chi connectivity index (χ2v) is 8.32. The monoisotopic (exact) mass is 411 g/mol. The van der Waals surface area contributed by atoms with Crippen LogP contribution in [0.5, 0.6) is 11.5 Å². The number of benzene rings is 1. The molecule has 1 N–H and O–H groups in total. The number of anilines is 1. The lowest BCUT2D eigenvalue weighted by molar-refractivity contribution is -0.116. The van der Waals surface area contributed by atoms with Gasteiger partial charge in [0.2, 0.25) is 17.6 Å². The highest BCUT2D eigenvalue weighted by atomic mass is 32.1. The Kier molecular flexibility index (Phi) is 4.71. The van der Waals surface area contributed by atoms with Crippen LogP contribution in [0.2, 0.25) is 0 Å². The smallest absolute Gasteiger partial charge is 0.251 e. The lowest BCUT2D eigenvalue weighted by Crippen LogP contribution is -2.34. The largest absolute Gasteiger partial charge is 0.448 e. The Bertz CT molecular complexity index is 1010. The maximum absolute atomic E-state index is 12.3. The van der Waals surface area contributed by atoms with Gasteiger partial charge in [-0.05, 0) is 42.8 Å². The first-order valence-electron chi connectivity index (χ1n) is 9.88. The summed E-state index contributed by atoms with van der Waals surface area (Å²) in [5.74, 6) is 2.06. The maximum atomic E-state index is 12.3. The van der Waals surface area contributed by atoms with Crippen LogP contribution in [-0.4, -0.2) is 21.8 Å². The first-order chi connectivity index (χ1) is 14.2. The zero-order valence-corrected chi connectivity index (χ0v) is 16.7. The normalized spacial score (nSPS) is 16.4. The summed E-state index contributed by atoms with van der Waals surface area (Å²) >= 11 is 1.57. The van der Waals surface area contributed by atoms with Gasteiger partial charge in [-0.25, -0.2) is 0 Å². The zero-order chi connectivity index (χ0) is 19.7. The number of rotatable bonds is 6. The van der Waals surface area contributed by atoms with E-state index in [1.807, 2.05) is 35.7 Å². The number of ether oxygens (including phenoxy) is 2. The third-order valence-corrected chi connectivity index (χ3v) is 6.05. The van der Waals surface area contributed by atoms with Crippen LogP contribution in [0.3, 0.4) is 0 Å². The molecule has 0 atom stereocenters. The van der Waals surface area contributed by atoms with Crippen molar-refractivity contribution in [2.24, 2.45) is 0 Å². The third-order valence-electron chi connectivity index (χ3n) is 5.19. The van der Waals surface area contributed by atoms with Gasteiger partial charge in [0.1, 0.15) is 0 Å². The molecule has 29 heavy (non-hydrogen) atoms. The van der Waals surface area contributed by atoms with E-state index in [0.29, 0.717) is 42.4 Å². The number of fused-ring (bicyclic) bond motifs is 1. The molecule has 1 spiro atoms. The summed E-state index contributed by atoms with van der Waals surface area (Å²) in [6, 6.07) is 9.45. The molecule has 5 rings (SSSR count). The van der Waals surface area contributed by atoms with Crippen molar-refractivity contribution in [3.63, 3.8) is 0 Å². The number of aryl methyl sites for hydroxylation is 1. The van der Waals surface area contributed by atoms with E-state index in [1.165, 1.54) is 0 Å². The Morgan fingerprint density at radius 3 is 2.86 bits per heavy atom. The quantitative estimate of drug-likeness (QED) is 0.627. The minimum Gasteiger partial charge on any atom is -0.448 e. The highest BCUT2D eigenvalue weighted by molar-refractivity contribution is 7.13. The number of nitrogens with one attached hydrogen (secondary N) is 1. The summed E-state index contributed by atoms with van der Waals surface area (Å²) in [6.45, 7) is 0. The predicted molar refractivity (Wildman–Crippen MR) is 108 cm³/mol. The Morgan fingerprint density at radius 2 is 2.03 bits per heavy atom. The van der Waals surface area contributed by atoms with Crippen molar-refractivity contribution < 1.29 is 18.8 Å². The summed E-state index contributed by atoms with van der Waals surface area (Å²) in [5.41, 5.74) is 0.713. The number of carbonyl (C=O) groups excluding carboxylic acids is 1. The number of thiophene rings is 1. The van der Waals surface area contributed by atoms with Crippen molar-refractivity contribution in [1.29, 1.82) is 0 Å². The highest BCUT2D eigenvalue weighted by Crippen LogP contribution is 2.47. The third kappa shape index (κ3) is 3.85. The Hall–Kier alpha value is -2.87. The molecule has 1 aliphatic heterocycles. The van der Waals surface area contributed by atoms with Crippen LogP contribution in [0, 0.1) is 0 Å². The molecule has 2 aromatic heterocycles. The molecule has 0 unspecified atom stereocenters. The van der Waals surface area contributed by atoms with Gasteiger partial charge in [0.25, 0.3) is 5.79 Å². The number of carbonyl (C=O) groups is 1. The fraction of sp³-hybridized carbons (Fsp3) is 0.381. The van der Waals surface area contributed by atoms with Gasteiger partial charge >= 0.3 is 0 Å². The molecular formula is C21H21N3O4S. The predicted octanol–water partition coefficient (Wildman–Crippen LogP) is 4.80. The maximum Gasteiger partial charge on any atom is 0.251 e. The van der Waals surface area contributed by atoms with Crippen molar-refractivity contribution >= 4 is 22.9 Å². The summed E-state index contributed by atoms with van der Waals surface area (Å²) in [7, 11) is 0. The van der Waals surface area contributed by atoms with Crippen LogP contribution in [0.1, 0.15) is 44.4 Å². The first-order valence-corrected chi connectivity index (χ1v) is 10.8. The van der Waals surface area contributed by atoms with Crippen molar-refractivity contribution in [3.8, 4) is 22.2 Å². The Balaban J connectivity index is 1.12. The van der Waals surface area contributed by atoms with E-state index in [4.69, 9.17) is 14.0 Å². The van der Waals surface area contributed by atoms with Crippen molar-refractivity contribution in [2.45, 2.75) is 50.7 Å². The SMILES string of the molecule is O=C(CCCc1nc(-c2cccs2)no1)Nc1ccc2c(c1)OC1(CCCC1)O2. The van der Waals surface area contributed by atoms with E-state index in [9.17, 15) is 4.79 Å². The highest BCUT2D eigenvalue weighted by Gasteiger charge is 2.44. The molecule has 0 radical (unpaired) electrons. The van der Waals surface area contributed by atoms with E-state index in [1.54, 1.807) is 11.3 Å². The second-order valence-electron chi connectivity index (χ2n) is 7.37. The van der Waals surface area contributed by atoms with Crippen LogP contribution in [0.4, 0.5) is 5.69 Å². The van der Waals surface area contributed by atoms with Crippen LogP contribution in [-0.2, 0) is 11.2 Å². The van der Waals surface area contributed by atoms with E-state index < -0.39 is 5.79 Å². The molecule has 1 amide bonds. The van der Waals surface area contributed by atoms with Crippen molar-refractivity contribution in [3.05, 3.63) is 41.6 Å². The van der Waals surface area contributed by atoms with Gasteiger partial charge in [0.05, 0.1) is 4.88 Å². The number of hydrogen-bond donors (Lipinski definition) is 1. The molecule has 8 heteroatoms. The number of nitrogens with zero attached hydrogens (tertiary/aromatic N) is 2. The van der Waals surface area contributed by atoms with Crippen LogP contribution >= 0.6 is 11.3 Å². The summed E-state index contributed by atoms with van der Waals surface area (Å²) in [4.78, 5) is 17.6. The van der Waals surface area contributed by atoms with Gasteiger partial charge < -0.3 is 19.3 Å². The molecule has 1 aromatic carbocycles. The Labute approximate surface area is 172 Å². The molecule has 1 saturated carbocycles. The molecule has 150 valence electrons. The molecule has 1 fully saturated rings. The zero-order valence-electron chi connectivity index (χ0n) is 15.8. The van der Waals surface area contributed by atoms with E-state index >= 15 is 0 Å². The molecular weight excluding hydrogens is 390 g/mol. The number of aromatic nitrogens is 2. The minimum atomic E-state index is -0.489. The standard InChI is InChI=1S/C21H21N3O4S/c25-18(6-3-7-19-23-20(24-28-19)17-5-4-12-29-17)22-14-8-9-15-16(13-14)27-21(26-15)10-1-2-11-21/h4-5,8-9,12-13H,1-3,6-7,10-11H2,(H,22,25). The van der Waals surface area contributed by atoms with E-state index in [2.05, 4.69) is 15.5 Å². The van der Waals surface area contributed by atoms with Gasteiger partial charge in [-0.15, -0.1) is 11.3 Å². The van der Waals surface area contributed by atoms with Crippen molar-refractivity contribution in [2.75, 3.05) is 5.32 Å². The fourth-order valence-corrected chi connectivity index (χ4v) is 4.42. The number of hydrogen-bond acceptors (Lipinski definition) is 7. The van der Waals surface area contributed by atoms with Gasteiger partial charge in [-0.1, -0.05) is 11.2 Å². The average molecular weight is 411 g/mol. The molecule has 3 aromatic rings. The molecule has 1 aliphatic carbocycles. The van der Waals surface area contributed by atoms with Gasteiger partial charge in [-0.2, -0.15) is 4.98 Å². The molecule has 0 bridgehead atoms. The van der Waals surface area contributed by atoms with Crippen LogP contribution < -0.4 is 14.8 Å². The average Bonchev–Trinajstić information content (AvgIpc) is 3.49. The van der Waals surface area contributed by atoms with Crippen LogP contribution in [0.15, 0.2) is 40.2 Å². The summed E-state index contributed by atoms with van der Waals surface area (Å²) < 4.78 is 17.3. The van der Waals surface area contributed by atoms with Gasteiger partial charge in [-0.3, -0.25) is 4.79 Å². The summed E-state index contributed by atoms with van der Waals surface area (Å²) in [6.07, 6.45) is 5.62. The lowest BCUT2D eigenvalue weighted by Gasteiger charge is -2.21. The summed E-state index contributed by atoms with van der Waals surface area (Å²) in [5, 5.41) is 8.88.